The normalized spacial score (nSPS) is 11.8. The zero-order valence-electron chi connectivity index (χ0n) is 10.9. The Morgan fingerprint density at radius 3 is 2.74 bits per heavy atom. The molecule has 1 aromatic rings. The maximum atomic E-state index is 13.4. The van der Waals surface area contributed by atoms with Crippen LogP contribution in [-0.2, 0) is 9.53 Å². The number of halogens is 1. The maximum absolute atomic E-state index is 13.4. The Morgan fingerprint density at radius 2 is 2.16 bits per heavy atom. The number of methoxy groups -OCH3 is 1. The minimum atomic E-state index is -0.788. The number of rotatable bonds is 5. The zero-order valence-corrected chi connectivity index (χ0v) is 10.9. The maximum Gasteiger partial charge on any atom is 0.340 e. The van der Waals surface area contributed by atoms with Gasteiger partial charge in [0.05, 0.1) is 12.7 Å². The van der Waals surface area contributed by atoms with Crippen molar-refractivity contribution < 1.29 is 18.7 Å². The summed E-state index contributed by atoms with van der Waals surface area (Å²) < 4.78 is 17.8. The van der Waals surface area contributed by atoms with Gasteiger partial charge in [-0.25, -0.2) is 9.18 Å². The highest BCUT2D eigenvalue weighted by atomic mass is 19.1. The summed E-state index contributed by atoms with van der Waals surface area (Å²) in [4.78, 5) is 23.1. The molecule has 0 spiro atoms. The van der Waals surface area contributed by atoms with E-state index in [4.69, 9.17) is 5.73 Å². The van der Waals surface area contributed by atoms with Crippen LogP contribution in [0.25, 0.3) is 0 Å². The highest BCUT2D eigenvalue weighted by Crippen LogP contribution is 2.17. The van der Waals surface area contributed by atoms with Gasteiger partial charge in [-0.1, -0.05) is 6.92 Å². The number of esters is 1. The molecule has 0 aromatic heterocycles. The average molecular weight is 268 g/mol. The molecular weight excluding hydrogens is 251 g/mol. The molecule has 0 fully saturated rings. The number of hydrogen-bond acceptors (Lipinski definition) is 4. The number of nitrogens with one attached hydrogen (secondary N) is 1. The number of nitrogens with two attached hydrogens (primary N) is 1. The van der Waals surface area contributed by atoms with E-state index in [9.17, 15) is 14.0 Å². The summed E-state index contributed by atoms with van der Waals surface area (Å²) in [6.45, 7) is 2.15. The summed E-state index contributed by atoms with van der Waals surface area (Å²) in [5.41, 5.74) is 5.50. The molecule has 0 aliphatic carbocycles. The molecule has 1 unspecified atom stereocenters. The van der Waals surface area contributed by atoms with Crippen LogP contribution in [0.4, 0.5) is 10.1 Å². The molecule has 0 bridgehead atoms. The molecule has 1 amide bonds. The van der Waals surface area contributed by atoms with E-state index in [0.717, 1.165) is 13.2 Å². The van der Waals surface area contributed by atoms with Crippen molar-refractivity contribution in [2.75, 3.05) is 19.0 Å². The van der Waals surface area contributed by atoms with Gasteiger partial charge in [0, 0.05) is 11.6 Å². The Balaban J connectivity index is 2.85. The summed E-state index contributed by atoms with van der Waals surface area (Å²) in [6.07, 6.45) is 0.552. The predicted octanol–water partition coefficient (Wildman–Crippen LogP) is 1.54. The molecule has 6 heteroatoms. The zero-order chi connectivity index (χ0) is 14.4. The number of carbonyl (C=O) groups excluding carboxylic acids is 2. The molecule has 0 saturated heterocycles. The molecule has 19 heavy (non-hydrogen) atoms. The number of amides is 1. The third-order valence-corrected chi connectivity index (χ3v) is 2.69. The number of ether oxygens (including phenoxy) is 1. The Bertz CT molecular complexity index is 477. The van der Waals surface area contributed by atoms with Gasteiger partial charge in [-0.2, -0.15) is 0 Å². The summed E-state index contributed by atoms with van der Waals surface area (Å²) in [6, 6.07) is 3.73. The van der Waals surface area contributed by atoms with Crippen LogP contribution in [0.2, 0.25) is 0 Å². The average Bonchev–Trinajstić information content (AvgIpc) is 2.40. The predicted molar refractivity (Wildman–Crippen MR) is 69.2 cm³/mol. The Labute approximate surface area is 110 Å². The van der Waals surface area contributed by atoms with Gasteiger partial charge in [0.25, 0.3) is 0 Å². The van der Waals surface area contributed by atoms with Crippen LogP contribution >= 0.6 is 0 Å². The van der Waals surface area contributed by atoms with Gasteiger partial charge in [-0.3, -0.25) is 4.79 Å². The Morgan fingerprint density at radius 1 is 1.47 bits per heavy atom. The van der Waals surface area contributed by atoms with Gasteiger partial charge in [0.1, 0.15) is 5.82 Å². The standard InChI is InChI=1S/C13H17FN2O3/c1-8(5-6-15)12(17)16-9-3-4-11(14)10(7-9)13(18)19-2/h3-4,7-8H,5-6,15H2,1-2H3,(H,16,17). The van der Waals surface area contributed by atoms with E-state index in [2.05, 4.69) is 10.1 Å². The molecular formula is C13H17FN2O3. The minimum absolute atomic E-state index is 0.216. The minimum Gasteiger partial charge on any atom is -0.465 e. The molecule has 0 radical (unpaired) electrons. The fraction of sp³-hybridized carbons (Fsp3) is 0.385. The SMILES string of the molecule is COC(=O)c1cc(NC(=O)C(C)CCN)ccc1F. The third kappa shape index (κ3) is 4.03. The lowest BCUT2D eigenvalue weighted by Crippen LogP contribution is -2.23. The molecule has 0 aliphatic heterocycles. The lowest BCUT2D eigenvalue weighted by molar-refractivity contribution is -0.119. The molecule has 3 N–H and O–H groups in total. The molecule has 0 aliphatic rings. The van der Waals surface area contributed by atoms with Crippen LogP contribution in [0.15, 0.2) is 18.2 Å². The first-order valence-corrected chi connectivity index (χ1v) is 5.88. The quantitative estimate of drug-likeness (QED) is 0.794. The second kappa shape index (κ2) is 6.84. The highest BCUT2D eigenvalue weighted by molar-refractivity contribution is 5.95. The van der Waals surface area contributed by atoms with E-state index in [0.29, 0.717) is 18.7 Å². The van der Waals surface area contributed by atoms with Gasteiger partial charge in [0.15, 0.2) is 0 Å². The van der Waals surface area contributed by atoms with Crippen LogP contribution in [0, 0.1) is 11.7 Å². The van der Waals surface area contributed by atoms with Gasteiger partial charge in [0.2, 0.25) is 5.91 Å². The van der Waals surface area contributed by atoms with Crippen LogP contribution in [0.3, 0.4) is 0 Å². The molecule has 1 rings (SSSR count). The molecule has 1 atom stereocenters. The van der Waals surface area contributed by atoms with E-state index < -0.39 is 11.8 Å². The van der Waals surface area contributed by atoms with Crippen molar-refractivity contribution in [3.05, 3.63) is 29.6 Å². The lowest BCUT2D eigenvalue weighted by Gasteiger charge is -2.12. The van der Waals surface area contributed by atoms with Crippen molar-refractivity contribution >= 4 is 17.6 Å². The first-order valence-electron chi connectivity index (χ1n) is 5.88. The Hall–Kier alpha value is -1.95. The summed E-state index contributed by atoms with van der Waals surface area (Å²) in [7, 11) is 1.16. The largest absolute Gasteiger partial charge is 0.465 e. The van der Waals surface area contributed by atoms with Gasteiger partial charge >= 0.3 is 5.97 Å². The molecule has 0 heterocycles. The van der Waals surface area contributed by atoms with Crippen molar-refractivity contribution in [1.29, 1.82) is 0 Å². The van der Waals surface area contributed by atoms with Crippen LogP contribution in [0.1, 0.15) is 23.7 Å². The fourth-order valence-corrected chi connectivity index (χ4v) is 1.52. The van der Waals surface area contributed by atoms with Gasteiger partial charge in [-0.15, -0.1) is 0 Å². The molecule has 104 valence electrons. The second-order valence-corrected chi connectivity index (χ2v) is 4.15. The Kier molecular flexibility index (Phi) is 5.44. The van der Waals surface area contributed by atoms with Crippen molar-refractivity contribution in [3.8, 4) is 0 Å². The van der Waals surface area contributed by atoms with E-state index in [-0.39, 0.29) is 17.4 Å². The van der Waals surface area contributed by atoms with Crippen LogP contribution in [0.5, 0.6) is 0 Å². The summed E-state index contributed by atoms with van der Waals surface area (Å²) in [5.74, 6) is -1.96. The first-order chi connectivity index (χ1) is 8.99. The monoisotopic (exact) mass is 268 g/mol. The topological polar surface area (TPSA) is 81.4 Å². The third-order valence-electron chi connectivity index (χ3n) is 2.69. The first kappa shape index (κ1) is 15.1. The summed E-state index contributed by atoms with van der Waals surface area (Å²) in [5, 5.41) is 2.60. The molecule has 5 nitrogen and oxygen atoms in total. The second-order valence-electron chi connectivity index (χ2n) is 4.15. The van der Waals surface area contributed by atoms with Crippen molar-refractivity contribution in [1.82, 2.24) is 0 Å². The fourth-order valence-electron chi connectivity index (χ4n) is 1.52. The smallest absolute Gasteiger partial charge is 0.340 e. The van der Waals surface area contributed by atoms with Crippen LogP contribution < -0.4 is 11.1 Å². The van der Waals surface area contributed by atoms with Gasteiger partial charge < -0.3 is 15.8 Å². The molecule has 1 aromatic carbocycles. The van der Waals surface area contributed by atoms with Crippen molar-refractivity contribution in [3.63, 3.8) is 0 Å². The number of anilines is 1. The highest BCUT2D eigenvalue weighted by Gasteiger charge is 2.16. The van der Waals surface area contributed by atoms with E-state index >= 15 is 0 Å². The van der Waals surface area contributed by atoms with Crippen molar-refractivity contribution in [2.24, 2.45) is 11.7 Å². The summed E-state index contributed by atoms with van der Waals surface area (Å²) >= 11 is 0. The lowest BCUT2D eigenvalue weighted by atomic mass is 10.1. The van der Waals surface area contributed by atoms with Crippen LogP contribution in [-0.4, -0.2) is 25.5 Å². The number of benzene rings is 1. The van der Waals surface area contributed by atoms with E-state index in [1.807, 2.05) is 0 Å². The van der Waals surface area contributed by atoms with Crippen molar-refractivity contribution in [2.45, 2.75) is 13.3 Å². The number of hydrogen-bond donors (Lipinski definition) is 2. The molecule has 0 saturated carbocycles. The van der Waals surface area contributed by atoms with Gasteiger partial charge in [-0.05, 0) is 31.2 Å². The van der Waals surface area contributed by atoms with E-state index in [1.54, 1.807) is 6.92 Å². The number of carbonyl (C=O) groups is 2. The van der Waals surface area contributed by atoms with E-state index in [1.165, 1.54) is 12.1 Å².